The number of rotatable bonds is 4. The second kappa shape index (κ2) is 6.06. The summed E-state index contributed by atoms with van der Waals surface area (Å²) in [7, 11) is 1.46. The Balaban J connectivity index is 2.01. The summed E-state index contributed by atoms with van der Waals surface area (Å²) in [5.74, 6) is 0.0185. The topological polar surface area (TPSA) is 71.5 Å². The van der Waals surface area contributed by atoms with Crippen LogP contribution in [0.15, 0.2) is 36.5 Å². The molecular formula is C15H16N2O3. The lowest BCUT2D eigenvalue weighted by Crippen LogP contribution is -2.22. The molecule has 2 N–H and O–H groups in total. The van der Waals surface area contributed by atoms with Crippen molar-refractivity contribution in [2.75, 3.05) is 7.11 Å². The summed E-state index contributed by atoms with van der Waals surface area (Å²) in [6.45, 7) is 2.29. The first-order valence-electron chi connectivity index (χ1n) is 6.17. The van der Waals surface area contributed by atoms with Gasteiger partial charge in [-0.15, -0.1) is 0 Å². The lowest BCUT2D eigenvalue weighted by atomic mass is 10.2. The fourth-order valence-electron chi connectivity index (χ4n) is 1.72. The number of carbonyl (C=O) groups is 1. The highest BCUT2D eigenvalue weighted by molar-refractivity contribution is 5.94. The number of pyridine rings is 1. The van der Waals surface area contributed by atoms with Crippen LogP contribution in [0.5, 0.6) is 11.5 Å². The molecule has 1 amide bonds. The van der Waals surface area contributed by atoms with Crippen LogP contribution in [0.4, 0.5) is 0 Å². The number of nitrogens with zero attached hydrogens (tertiary/aromatic N) is 1. The van der Waals surface area contributed by atoms with Crippen LogP contribution in [0.25, 0.3) is 0 Å². The van der Waals surface area contributed by atoms with E-state index in [9.17, 15) is 9.90 Å². The molecule has 1 heterocycles. The van der Waals surface area contributed by atoms with Gasteiger partial charge in [0.25, 0.3) is 5.91 Å². The van der Waals surface area contributed by atoms with Gasteiger partial charge in [0.2, 0.25) is 0 Å². The van der Waals surface area contributed by atoms with Gasteiger partial charge < -0.3 is 15.2 Å². The molecule has 0 fully saturated rings. The van der Waals surface area contributed by atoms with E-state index in [1.54, 1.807) is 18.3 Å². The van der Waals surface area contributed by atoms with Crippen LogP contribution in [-0.2, 0) is 6.54 Å². The molecule has 0 unspecified atom stereocenters. The van der Waals surface area contributed by atoms with Crippen LogP contribution in [0, 0.1) is 6.92 Å². The summed E-state index contributed by atoms with van der Waals surface area (Å²) >= 11 is 0. The van der Waals surface area contributed by atoms with Crippen molar-refractivity contribution in [2.45, 2.75) is 13.5 Å². The smallest absolute Gasteiger partial charge is 0.251 e. The zero-order chi connectivity index (χ0) is 14.5. The molecule has 0 bridgehead atoms. The second-order valence-electron chi connectivity index (χ2n) is 4.38. The van der Waals surface area contributed by atoms with Crippen molar-refractivity contribution in [3.63, 3.8) is 0 Å². The summed E-state index contributed by atoms with van der Waals surface area (Å²) in [5, 5.41) is 12.4. The zero-order valence-electron chi connectivity index (χ0n) is 11.4. The summed E-state index contributed by atoms with van der Waals surface area (Å²) in [5.41, 5.74) is 2.23. The Morgan fingerprint density at radius 3 is 2.75 bits per heavy atom. The van der Waals surface area contributed by atoms with E-state index < -0.39 is 0 Å². The maximum atomic E-state index is 12.0. The third kappa shape index (κ3) is 3.26. The van der Waals surface area contributed by atoms with E-state index in [2.05, 4.69) is 10.3 Å². The number of hydrogen-bond donors (Lipinski definition) is 2. The van der Waals surface area contributed by atoms with Gasteiger partial charge in [-0.05, 0) is 36.8 Å². The van der Waals surface area contributed by atoms with Crippen molar-refractivity contribution in [3.8, 4) is 11.5 Å². The molecule has 0 atom stereocenters. The predicted molar refractivity (Wildman–Crippen MR) is 74.8 cm³/mol. The Morgan fingerprint density at radius 2 is 2.15 bits per heavy atom. The van der Waals surface area contributed by atoms with Crippen molar-refractivity contribution >= 4 is 5.91 Å². The number of aryl methyl sites for hydroxylation is 1. The standard InChI is InChI=1S/C15H16N2O3/c1-10-3-4-11(8-16-10)9-17-15(19)12-5-6-14(20-2)13(18)7-12/h3-8,18H,9H2,1-2H3,(H,17,19). The van der Waals surface area contributed by atoms with Gasteiger partial charge in [-0.25, -0.2) is 0 Å². The third-order valence-corrected chi connectivity index (χ3v) is 2.87. The highest BCUT2D eigenvalue weighted by Gasteiger charge is 2.09. The van der Waals surface area contributed by atoms with Crippen LogP contribution in [0.2, 0.25) is 0 Å². The maximum absolute atomic E-state index is 12.0. The van der Waals surface area contributed by atoms with Crippen molar-refractivity contribution in [2.24, 2.45) is 0 Å². The van der Waals surface area contributed by atoms with E-state index in [0.717, 1.165) is 11.3 Å². The molecule has 0 saturated heterocycles. The number of methoxy groups -OCH3 is 1. The number of amides is 1. The molecule has 5 heteroatoms. The lowest BCUT2D eigenvalue weighted by Gasteiger charge is -2.07. The van der Waals surface area contributed by atoms with Crippen molar-refractivity contribution in [1.82, 2.24) is 10.3 Å². The molecule has 5 nitrogen and oxygen atoms in total. The van der Waals surface area contributed by atoms with Crippen molar-refractivity contribution in [3.05, 3.63) is 53.3 Å². The number of nitrogens with one attached hydrogen (secondary N) is 1. The molecule has 2 aromatic rings. The SMILES string of the molecule is COc1ccc(C(=O)NCc2ccc(C)nc2)cc1O. The molecule has 0 saturated carbocycles. The Morgan fingerprint density at radius 1 is 1.35 bits per heavy atom. The first-order valence-corrected chi connectivity index (χ1v) is 6.17. The number of phenols is 1. The number of phenolic OH excluding ortho intramolecular Hbond substituents is 1. The molecule has 0 aliphatic rings. The molecule has 104 valence electrons. The zero-order valence-corrected chi connectivity index (χ0v) is 11.4. The van der Waals surface area contributed by atoms with E-state index in [4.69, 9.17) is 4.74 Å². The quantitative estimate of drug-likeness (QED) is 0.893. The van der Waals surface area contributed by atoms with Crippen LogP contribution < -0.4 is 10.1 Å². The van der Waals surface area contributed by atoms with Crippen LogP contribution in [0.3, 0.4) is 0 Å². The Kier molecular flexibility index (Phi) is 4.20. The second-order valence-corrected chi connectivity index (χ2v) is 4.38. The van der Waals surface area contributed by atoms with Gasteiger partial charge in [-0.2, -0.15) is 0 Å². The lowest BCUT2D eigenvalue weighted by molar-refractivity contribution is 0.0950. The molecular weight excluding hydrogens is 256 g/mol. The monoisotopic (exact) mass is 272 g/mol. The summed E-state index contributed by atoms with van der Waals surface area (Å²) < 4.78 is 4.93. The fraction of sp³-hybridized carbons (Fsp3) is 0.200. The molecule has 1 aromatic carbocycles. The number of ether oxygens (including phenoxy) is 1. The van der Waals surface area contributed by atoms with E-state index in [0.29, 0.717) is 17.9 Å². The van der Waals surface area contributed by atoms with Gasteiger partial charge in [-0.3, -0.25) is 9.78 Å². The molecule has 1 aromatic heterocycles. The third-order valence-electron chi connectivity index (χ3n) is 2.87. The normalized spacial score (nSPS) is 10.1. The number of aromatic nitrogens is 1. The number of benzene rings is 1. The van der Waals surface area contributed by atoms with E-state index in [1.807, 2.05) is 19.1 Å². The number of carbonyl (C=O) groups excluding carboxylic acids is 1. The Bertz CT molecular complexity index is 609. The molecule has 0 aliphatic heterocycles. The minimum Gasteiger partial charge on any atom is -0.504 e. The average Bonchev–Trinajstić information content (AvgIpc) is 2.46. The maximum Gasteiger partial charge on any atom is 0.251 e. The van der Waals surface area contributed by atoms with E-state index in [1.165, 1.54) is 13.2 Å². The van der Waals surface area contributed by atoms with Crippen molar-refractivity contribution < 1.29 is 14.6 Å². The summed E-state index contributed by atoms with van der Waals surface area (Å²) in [6.07, 6.45) is 1.72. The molecule has 2 rings (SSSR count). The van der Waals surface area contributed by atoms with Crippen LogP contribution in [-0.4, -0.2) is 23.1 Å². The van der Waals surface area contributed by atoms with Gasteiger partial charge in [-0.1, -0.05) is 6.07 Å². The Labute approximate surface area is 117 Å². The molecule has 0 spiro atoms. The van der Waals surface area contributed by atoms with Gasteiger partial charge in [0.1, 0.15) is 0 Å². The highest BCUT2D eigenvalue weighted by atomic mass is 16.5. The van der Waals surface area contributed by atoms with Gasteiger partial charge >= 0.3 is 0 Å². The highest BCUT2D eigenvalue weighted by Crippen LogP contribution is 2.26. The van der Waals surface area contributed by atoms with Crippen molar-refractivity contribution in [1.29, 1.82) is 0 Å². The molecule has 20 heavy (non-hydrogen) atoms. The minimum atomic E-state index is -0.261. The first-order chi connectivity index (χ1) is 9.60. The van der Waals surface area contributed by atoms with Gasteiger partial charge in [0.05, 0.1) is 7.11 Å². The largest absolute Gasteiger partial charge is 0.504 e. The van der Waals surface area contributed by atoms with Gasteiger partial charge in [0, 0.05) is 24.0 Å². The average molecular weight is 272 g/mol. The molecule has 0 aliphatic carbocycles. The first kappa shape index (κ1) is 13.9. The Hall–Kier alpha value is -2.56. The van der Waals surface area contributed by atoms with Crippen LogP contribution in [0.1, 0.15) is 21.6 Å². The molecule has 0 radical (unpaired) electrons. The van der Waals surface area contributed by atoms with E-state index >= 15 is 0 Å². The van der Waals surface area contributed by atoms with Gasteiger partial charge in [0.15, 0.2) is 11.5 Å². The fourth-order valence-corrected chi connectivity index (χ4v) is 1.72. The summed E-state index contributed by atoms with van der Waals surface area (Å²) in [6, 6.07) is 8.33. The van der Waals surface area contributed by atoms with Crippen LogP contribution >= 0.6 is 0 Å². The number of aromatic hydroxyl groups is 1. The number of hydrogen-bond acceptors (Lipinski definition) is 4. The summed E-state index contributed by atoms with van der Waals surface area (Å²) in [4.78, 5) is 16.1. The minimum absolute atomic E-state index is 0.0582. The van der Waals surface area contributed by atoms with E-state index in [-0.39, 0.29) is 11.7 Å². The predicted octanol–water partition coefficient (Wildman–Crippen LogP) is 2.03.